The summed E-state index contributed by atoms with van der Waals surface area (Å²) in [4.78, 5) is 11.9. The predicted molar refractivity (Wildman–Crippen MR) is 70.3 cm³/mol. The van der Waals surface area contributed by atoms with Crippen LogP contribution in [0.4, 0.5) is 11.4 Å². The lowest BCUT2D eigenvalue weighted by Crippen LogP contribution is -2.12. The number of halogens is 1. The van der Waals surface area contributed by atoms with Crippen LogP contribution in [-0.2, 0) is 0 Å². The summed E-state index contributed by atoms with van der Waals surface area (Å²) < 4.78 is 0. The van der Waals surface area contributed by atoms with Crippen molar-refractivity contribution in [2.45, 2.75) is 0 Å². The summed E-state index contributed by atoms with van der Waals surface area (Å²) in [7, 11) is 0. The lowest BCUT2D eigenvalue weighted by molar-refractivity contribution is 0.102. The van der Waals surface area contributed by atoms with Gasteiger partial charge in [0.2, 0.25) is 0 Å². The Morgan fingerprint density at radius 2 is 1.82 bits per heavy atom. The van der Waals surface area contributed by atoms with Crippen LogP contribution >= 0.6 is 11.6 Å². The fourth-order valence-electron chi connectivity index (χ4n) is 1.43. The molecule has 3 N–H and O–H groups in total. The first-order valence-electron chi connectivity index (χ1n) is 5.08. The van der Waals surface area contributed by atoms with Crippen molar-refractivity contribution in [1.82, 2.24) is 0 Å². The third kappa shape index (κ3) is 2.77. The second-order valence-electron chi connectivity index (χ2n) is 3.55. The molecule has 0 aliphatic carbocycles. The van der Waals surface area contributed by atoms with Gasteiger partial charge >= 0.3 is 0 Å². The van der Waals surface area contributed by atoms with Crippen LogP contribution in [0.2, 0.25) is 5.02 Å². The Morgan fingerprint density at radius 1 is 1.12 bits per heavy atom. The maximum absolute atomic E-state index is 11.9. The van der Waals surface area contributed by atoms with Crippen LogP contribution in [0.15, 0.2) is 48.5 Å². The third-order valence-corrected chi connectivity index (χ3v) is 2.53. The molecule has 0 heterocycles. The molecule has 0 spiro atoms. The van der Waals surface area contributed by atoms with Gasteiger partial charge in [-0.1, -0.05) is 29.8 Å². The number of hydrogen-bond donors (Lipinski definition) is 2. The zero-order chi connectivity index (χ0) is 12.3. The average molecular weight is 247 g/mol. The Kier molecular flexibility index (Phi) is 3.30. The molecule has 2 aromatic carbocycles. The van der Waals surface area contributed by atoms with Crippen LogP contribution in [0.3, 0.4) is 0 Å². The largest absolute Gasteiger partial charge is 0.397 e. The van der Waals surface area contributed by atoms with Crippen molar-refractivity contribution in [3.05, 3.63) is 59.1 Å². The van der Waals surface area contributed by atoms with Gasteiger partial charge < -0.3 is 11.1 Å². The Labute approximate surface area is 104 Å². The van der Waals surface area contributed by atoms with E-state index in [0.717, 1.165) is 0 Å². The number of benzene rings is 2. The Bertz CT molecular complexity index is 540. The number of carbonyl (C=O) groups excluding carboxylic acids is 1. The maximum atomic E-state index is 11.9. The Morgan fingerprint density at radius 3 is 2.47 bits per heavy atom. The molecule has 3 nitrogen and oxygen atoms in total. The number of nitrogens with one attached hydrogen (secondary N) is 1. The normalized spacial score (nSPS) is 9.94. The molecule has 86 valence electrons. The van der Waals surface area contributed by atoms with Crippen molar-refractivity contribution >= 4 is 28.9 Å². The monoisotopic (exact) mass is 246 g/mol. The van der Waals surface area contributed by atoms with Crippen LogP contribution in [-0.4, -0.2) is 5.91 Å². The van der Waals surface area contributed by atoms with Crippen molar-refractivity contribution in [3.63, 3.8) is 0 Å². The smallest absolute Gasteiger partial charge is 0.255 e. The fraction of sp³-hybridized carbons (Fsp3) is 0. The summed E-state index contributed by atoms with van der Waals surface area (Å²) in [5.74, 6) is -0.195. The van der Waals surface area contributed by atoms with Crippen LogP contribution < -0.4 is 11.1 Å². The van der Waals surface area contributed by atoms with E-state index in [0.29, 0.717) is 22.0 Å². The maximum Gasteiger partial charge on any atom is 0.255 e. The molecular formula is C13H11ClN2O. The second kappa shape index (κ2) is 4.89. The van der Waals surface area contributed by atoms with Gasteiger partial charge in [0.1, 0.15) is 0 Å². The van der Waals surface area contributed by atoms with E-state index in [1.165, 1.54) is 0 Å². The fourth-order valence-corrected chi connectivity index (χ4v) is 1.61. The average Bonchev–Trinajstić information content (AvgIpc) is 2.34. The SMILES string of the molecule is Nc1cc(Cl)ccc1NC(=O)c1ccccc1. The lowest BCUT2D eigenvalue weighted by atomic mass is 10.2. The second-order valence-corrected chi connectivity index (χ2v) is 3.99. The Balaban J connectivity index is 2.19. The van der Waals surface area contributed by atoms with Crippen molar-refractivity contribution in [1.29, 1.82) is 0 Å². The van der Waals surface area contributed by atoms with E-state index in [1.54, 1.807) is 42.5 Å². The minimum absolute atomic E-state index is 0.195. The first-order valence-corrected chi connectivity index (χ1v) is 5.46. The highest BCUT2D eigenvalue weighted by molar-refractivity contribution is 6.31. The first kappa shape index (κ1) is 11.5. The minimum atomic E-state index is -0.195. The van der Waals surface area contributed by atoms with Crippen molar-refractivity contribution in [2.24, 2.45) is 0 Å². The van der Waals surface area contributed by atoms with Crippen LogP contribution in [0.25, 0.3) is 0 Å². The summed E-state index contributed by atoms with van der Waals surface area (Å²) in [5.41, 5.74) is 7.34. The number of nitrogen functional groups attached to an aromatic ring is 1. The molecule has 0 radical (unpaired) electrons. The quantitative estimate of drug-likeness (QED) is 0.800. The van der Waals surface area contributed by atoms with Gasteiger partial charge in [0.05, 0.1) is 11.4 Å². The molecular weight excluding hydrogens is 236 g/mol. The number of carbonyl (C=O) groups is 1. The molecule has 0 aliphatic rings. The molecule has 0 bridgehead atoms. The minimum Gasteiger partial charge on any atom is -0.397 e. The summed E-state index contributed by atoms with van der Waals surface area (Å²) in [5, 5.41) is 3.27. The zero-order valence-corrected chi connectivity index (χ0v) is 9.74. The van der Waals surface area contributed by atoms with Crippen LogP contribution in [0.1, 0.15) is 10.4 Å². The van der Waals surface area contributed by atoms with Gasteiger partial charge in [0, 0.05) is 10.6 Å². The van der Waals surface area contributed by atoms with E-state index < -0.39 is 0 Å². The van der Waals surface area contributed by atoms with E-state index in [-0.39, 0.29) is 5.91 Å². The molecule has 0 fully saturated rings. The summed E-state index contributed by atoms with van der Waals surface area (Å²) in [6.45, 7) is 0. The van der Waals surface area contributed by atoms with E-state index >= 15 is 0 Å². The molecule has 0 saturated heterocycles. The molecule has 1 amide bonds. The lowest BCUT2D eigenvalue weighted by Gasteiger charge is -2.08. The van der Waals surface area contributed by atoms with Crippen molar-refractivity contribution < 1.29 is 4.79 Å². The number of amides is 1. The third-order valence-electron chi connectivity index (χ3n) is 2.30. The predicted octanol–water partition coefficient (Wildman–Crippen LogP) is 3.17. The first-order chi connectivity index (χ1) is 8.16. The molecule has 0 saturated carbocycles. The molecule has 0 atom stereocenters. The molecule has 0 aromatic heterocycles. The highest BCUT2D eigenvalue weighted by Crippen LogP contribution is 2.23. The van der Waals surface area contributed by atoms with E-state index in [4.69, 9.17) is 17.3 Å². The van der Waals surface area contributed by atoms with Gasteiger partial charge in [-0.05, 0) is 30.3 Å². The van der Waals surface area contributed by atoms with Gasteiger partial charge in [-0.25, -0.2) is 0 Å². The zero-order valence-electron chi connectivity index (χ0n) is 8.98. The van der Waals surface area contributed by atoms with Gasteiger partial charge in [0.15, 0.2) is 0 Å². The van der Waals surface area contributed by atoms with Crippen LogP contribution in [0, 0.1) is 0 Å². The van der Waals surface area contributed by atoms with Gasteiger partial charge in [-0.2, -0.15) is 0 Å². The number of nitrogens with two attached hydrogens (primary N) is 1. The van der Waals surface area contributed by atoms with E-state index in [9.17, 15) is 4.79 Å². The Hall–Kier alpha value is -2.00. The van der Waals surface area contributed by atoms with Crippen molar-refractivity contribution in [2.75, 3.05) is 11.1 Å². The van der Waals surface area contributed by atoms with Gasteiger partial charge in [-0.15, -0.1) is 0 Å². The van der Waals surface area contributed by atoms with Crippen molar-refractivity contribution in [3.8, 4) is 0 Å². The highest BCUT2D eigenvalue weighted by atomic mass is 35.5. The summed E-state index contributed by atoms with van der Waals surface area (Å²) >= 11 is 5.78. The van der Waals surface area contributed by atoms with Crippen LogP contribution in [0.5, 0.6) is 0 Å². The topological polar surface area (TPSA) is 55.1 Å². The number of anilines is 2. The van der Waals surface area contributed by atoms with E-state index in [1.807, 2.05) is 6.07 Å². The summed E-state index contributed by atoms with van der Waals surface area (Å²) in [6, 6.07) is 13.9. The van der Waals surface area contributed by atoms with Gasteiger partial charge in [0.25, 0.3) is 5.91 Å². The summed E-state index contributed by atoms with van der Waals surface area (Å²) in [6.07, 6.45) is 0. The molecule has 0 aliphatic heterocycles. The highest BCUT2D eigenvalue weighted by Gasteiger charge is 2.07. The van der Waals surface area contributed by atoms with E-state index in [2.05, 4.69) is 5.32 Å². The number of rotatable bonds is 2. The molecule has 4 heteroatoms. The van der Waals surface area contributed by atoms with Gasteiger partial charge in [-0.3, -0.25) is 4.79 Å². The molecule has 0 unspecified atom stereocenters. The molecule has 2 aromatic rings. The molecule has 17 heavy (non-hydrogen) atoms. The number of hydrogen-bond acceptors (Lipinski definition) is 2. The molecule has 2 rings (SSSR count). The standard InChI is InChI=1S/C13H11ClN2O/c14-10-6-7-12(11(15)8-10)16-13(17)9-4-2-1-3-5-9/h1-8H,15H2,(H,16,17).